The van der Waals surface area contributed by atoms with E-state index in [2.05, 4.69) is 5.32 Å². The topological polar surface area (TPSA) is 53.9 Å². The molecule has 1 aliphatic rings. The average Bonchev–Trinajstić information content (AvgIpc) is 2.61. The summed E-state index contributed by atoms with van der Waals surface area (Å²) < 4.78 is 39.7. The van der Waals surface area contributed by atoms with Crippen LogP contribution in [0.1, 0.15) is 26.2 Å². The molecule has 1 aliphatic heterocycles. The number of likely N-dealkylation sites (tertiary alicyclic amines) is 1. The van der Waals surface area contributed by atoms with Crippen LogP contribution in [0.5, 0.6) is 0 Å². The summed E-state index contributed by atoms with van der Waals surface area (Å²) in [5.41, 5.74) is -0.424. The van der Waals surface area contributed by atoms with Crippen molar-refractivity contribution in [2.75, 3.05) is 32.0 Å². The van der Waals surface area contributed by atoms with E-state index in [1.54, 1.807) is 18.9 Å². The van der Waals surface area contributed by atoms with Gasteiger partial charge in [0.2, 0.25) is 0 Å². The van der Waals surface area contributed by atoms with Crippen LogP contribution >= 0.6 is 0 Å². The van der Waals surface area contributed by atoms with Gasteiger partial charge in [0.1, 0.15) is 0 Å². The number of halogens is 3. The number of likely N-dealkylation sites (N-methyl/N-ethyl adjacent to an activating group) is 1. The first-order valence-electron chi connectivity index (χ1n) is 8.35. The van der Waals surface area contributed by atoms with Gasteiger partial charge in [-0.1, -0.05) is 0 Å². The Morgan fingerprint density at radius 1 is 1.16 bits per heavy atom. The summed E-state index contributed by atoms with van der Waals surface area (Å²) in [6.45, 7) is 3.09. The predicted molar refractivity (Wildman–Crippen MR) is 86.6 cm³/mol. The van der Waals surface area contributed by atoms with Gasteiger partial charge in [0.15, 0.2) is 30.0 Å². The molecule has 0 aromatic heterocycles. The summed E-state index contributed by atoms with van der Waals surface area (Å²) >= 11 is 0. The van der Waals surface area contributed by atoms with E-state index in [1.165, 1.54) is 0 Å². The van der Waals surface area contributed by atoms with Gasteiger partial charge in [-0.05, 0) is 38.3 Å². The number of carbonyl (C=O) groups excluding carboxylic acids is 2. The van der Waals surface area contributed by atoms with Gasteiger partial charge in [-0.3, -0.25) is 9.59 Å². The van der Waals surface area contributed by atoms with Gasteiger partial charge in [-0.2, -0.15) is 0 Å². The summed E-state index contributed by atoms with van der Waals surface area (Å²) in [5.74, 6) is -5.00. The van der Waals surface area contributed by atoms with E-state index in [4.69, 9.17) is 0 Å². The number of anilines is 1. The molecule has 0 spiro atoms. The molecule has 0 saturated carbocycles. The maximum absolute atomic E-state index is 13.6. The minimum atomic E-state index is -1.63. The molecule has 2 rings (SSSR count). The molecule has 8 heteroatoms. The fourth-order valence-corrected chi connectivity index (χ4v) is 2.82. The second-order valence-corrected chi connectivity index (χ2v) is 6.40. The van der Waals surface area contributed by atoms with Crippen molar-refractivity contribution in [3.05, 3.63) is 29.6 Å². The largest absolute Gasteiger partial charge is 0.338 e. The molecule has 1 aromatic rings. The van der Waals surface area contributed by atoms with Crippen molar-refractivity contribution in [3.63, 3.8) is 0 Å². The number of amides is 2. The van der Waals surface area contributed by atoms with Crippen LogP contribution in [0, 0.1) is 17.5 Å². The zero-order valence-electron chi connectivity index (χ0n) is 14.4. The van der Waals surface area contributed by atoms with Gasteiger partial charge >= 0.3 is 0 Å². The van der Waals surface area contributed by atoms with E-state index in [9.17, 15) is 22.8 Å². The third-order valence-electron chi connectivity index (χ3n) is 4.53. The first-order valence-corrected chi connectivity index (χ1v) is 8.35. The number of benzene rings is 1. The lowest BCUT2D eigenvalue weighted by atomic mass is 10.1. The zero-order chi connectivity index (χ0) is 18.6. The number of nitrogens with zero attached hydrogens (tertiary/aromatic N) is 1. The number of piperidine rings is 1. The molecule has 0 aliphatic carbocycles. The number of nitrogens with one attached hydrogen (secondary N) is 2. The maximum Gasteiger partial charge on any atom is 0.280 e. The molecule has 138 valence electrons. The second kappa shape index (κ2) is 8.33. The van der Waals surface area contributed by atoms with Gasteiger partial charge < -0.3 is 15.1 Å². The first-order chi connectivity index (χ1) is 11.8. The van der Waals surface area contributed by atoms with Crippen molar-refractivity contribution in [3.8, 4) is 0 Å². The van der Waals surface area contributed by atoms with E-state index in [0.29, 0.717) is 4.90 Å². The van der Waals surface area contributed by atoms with Crippen molar-refractivity contribution >= 4 is 17.5 Å². The summed E-state index contributed by atoms with van der Waals surface area (Å²) in [6.07, 6.45) is 3.07. The van der Waals surface area contributed by atoms with Crippen LogP contribution in [0.2, 0.25) is 0 Å². The number of quaternary nitrogens is 1. The number of hydrogen-bond acceptors (Lipinski definition) is 2. The van der Waals surface area contributed by atoms with E-state index in [-0.39, 0.29) is 12.5 Å². The Labute approximate surface area is 144 Å². The highest BCUT2D eigenvalue weighted by Gasteiger charge is 2.29. The van der Waals surface area contributed by atoms with Crippen LogP contribution < -0.4 is 10.2 Å². The highest BCUT2D eigenvalue weighted by atomic mass is 19.2. The summed E-state index contributed by atoms with van der Waals surface area (Å²) in [7, 11) is 1.69. The van der Waals surface area contributed by atoms with Crippen LogP contribution in [0.3, 0.4) is 0 Å². The van der Waals surface area contributed by atoms with Gasteiger partial charge in [0, 0.05) is 13.1 Å². The predicted octanol–water partition coefficient (Wildman–Crippen LogP) is 0.958. The van der Waals surface area contributed by atoms with Gasteiger partial charge in [0.25, 0.3) is 11.8 Å². The van der Waals surface area contributed by atoms with Crippen LogP contribution in [0.15, 0.2) is 12.1 Å². The van der Waals surface area contributed by atoms with Crippen LogP contribution in [-0.2, 0) is 9.59 Å². The summed E-state index contributed by atoms with van der Waals surface area (Å²) in [6, 6.07) is 1.27. The molecule has 1 aromatic carbocycles. The number of rotatable bonds is 5. The Bertz CT molecular complexity index is 648. The van der Waals surface area contributed by atoms with Crippen LogP contribution in [0.25, 0.3) is 0 Å². The Hall–Kier alpha value is -2.09. The Kier molecular flexibility index (Phi) is 6.41. The smallest absolute Gasteiger partial charge is 0.280 e. The van der Waals surface area contributed by atoms with Crippen molar-refractivity contribution in [2.24, 2.45) is 0 Å². The molecule has 2 N–H and O–H groups in total. The minimum absolute atomic E-state index is 0.0241. The molecular formula is C17H23F3N3O2+. The van der Waals surface area contributed by atoms with Gasteiger partial charge in [0.05, 0.1) is 12.7 Å². The quantitative estimate of drug-likeness (QED) is 0.771. The summed E-state index contributed by atoms with van der Waals surface area (Å²) in [4.78, 5) is 26.9. The highest BCUT2D eigenvalue weighted by Crippen LogP contribution is 2.19. The summed E-state index contributed by atoms with van der Waals surface area (Å²) in [5, 5.41) is 2.22. The molecule has 5 nitrogen and oxygen atoms in total. The Morgan fingerprint density at radius 3 is 2.44 bits per heavy atom. The van der Waals surface area contributed by atoms with Gasteiger partial charge in [-0.25, -0.2) is 13.2 Å². The molecule has 2 atom stereocenters. The Balaban J connectivity index is 1.93. The molecule has 0 radical (unpaired) electrons. The van der Waals surface area contributed by atoms with E-state index in [0.717, 1.165) is 44.5 Å². The third-order valence-corrected chi connectivity index (χ3v) is 4.53. The van der Waals surface area contributed by atoms with E-state index >= 15 is 0 Å². The third kappa shape index (κ3) is 4.72. The molecule has 25 heavy (non-hydrogen) atoms. The highest BCUT2D eigenvalue weighted by molar-refractivity contribution is 5.91. The molecule has 0 bridgehead atoms. The standard InChI is InChI=1S/C17H22F3N3O2/c1-11(17(25)23-8-4-3-5-9-23)22(2)10-14(24)21-13-7-6-12(18)15(19)16(13)20/h6-7,11H,3-5,8-10H2,1-2H3,(H,21,24)/p+1/t11-/m1/s1. The van der Waals surface area contributed by atoms with E-state index in [1.807, 2.05) is 0 Å². The fraction of sp³-hybridized carbons (Fsp3) is 0.529. The van der Waals surface area contributed by atoms with Crippen molar-refractivity contribution in [1.82, 2.24) is 4.90 Å². The molecule has 1 heterocycles. The Morgan fingerprint density at radius 2 is 1.80 bits per heavy atom. The number of hydrogen-bond donors (Lipinski definition) is 2. The second-order valence-electron chi connectivity index (χ2n) is 6.40. The molecule has 1 unspecified atom stereocenters. The minimum Gasteiger partial charge on any atom is -0.338 e. The molecule has 1 fully saturated rings. The monoisotopic (exact) mass is 358 g/mol. The molecular weight excluding hydrogens is 335 g/mol. The van der Waals surface area contributed by atoms with Crippen LogP contribution in [-0.4, -0.2) is 49.4 Å². The fourth-order valence-electron chi connectivity index (χ4n) is 2.82. The number of carbonyl (C=O) groups is 2. The SMILES string of the molecule is C[C@H](C(=O)N1CCCCC1)[NH+](C)CC(=O)Nc1ccc(F)c(F)c1F. The van der Waals surface area contributed by atoms with Crippen LogP contribution in [0.4, 0.5) is 18.9 Å². The average molecular weight is 358 g/mol. The lowest BCUT2D eigenvalue weighted by Crippen LogP contribution is -3.15. The molecule has 1 saturated heterocycles. The lowest BCUT2D eigenvalue weighted by molar-refractivity contribution is -0.886. The van der Waals surface area contributed by atoms with Crippen molar-refractivity contribution in [2.45, 2.75) is 32.2 Å². The molecule has 2 amide bonds. The van der Waals surface area contributed by atoms with Crippen molar-refractivity contribution in [1.29, 1.82) is 0 Å². The zero-order valence-corrected chi connectivity index (χ0v) is 14.4. The normalized spacial score (nSPS) is 17.1. The first kappa shape index (κ1) is 19.2. The van der Waals surface area contributed by atoms with Crippen molar-refractivity contribution < 1.29 is 27.7 Å². The lowest BCUT2D eigenvalue weighted by Gasteiger charge is -2.30. The van der Waals surface area contributed by atoms with E-state index < -0.39 is 35.1 Å². The maximum atomic E-state index is 13.6. The van der Waals surface area contributed by atoms with Gasteiger partial charge in [-0.15, -0.1) is 0 Å².